The highest BCUT2D eigenvalue weighted by molar-refractivity contribution is 7.89. The number of sulfonamides is 1. The van der Waals surface area contributed by atoms with Gasteiger partial charge in [-0.05, 0) is 45.7 Å². The van der Waals surface area contributed by atoms with Crippen LogP contribution in [0.3, 0.4) is 0 Å². The van der Waals surface area contributed by atoms with E-state index in [2.05, 4.69) is 10.2 Å². The molecule has 1 saturated heterocycles. The lowest BCUT2D eigenvalue weighted by atomic mass is 10.4. The summed E-state index contributed by atoms with van der Waals surface area (Å²) in [5, 5.41) is 2.96. The summed E-state index contributed by atoms with van der Waals surface area (Å²) < 4.78 is 26.2. The van der Waals surface area contributed by atoms with Crippen LogP contribution >= 0.6 is 0 Å². The highest BCUT2D eigenvalue weighted by atomic mass is 32.2. The van der Waals surface area contributed by atoms with E-state index in [-0.39, 0.29) is 5.25 Å². The van der Waals surface area contributed by atoms with Gasteiger partial charge < -0.3 is 10.2 Å². The summed E-state index contributed by atoms with van der Waals surface area (Å²) in [5.74, 6) is 0. The predicted octanol–water partition coefficient (Wildman–Crippen LogP) is 0.484. The monoisotopic (exact) mass is 289 g/mol. The van der Waals surface area contributed by atoms with E-state index in [0.717, 1.165) is 19.6 Å². The molecule has 0 aromatic rings. The molecule has 0 radical (unpaired) electrons. The van der Waals surface area contributed by atoms with Gasteiger partial charge in [0.25, 0.3) is 0 Å². The summed E-state index contributed by atoms with van der Waals surface area (Å²) in [7, 11) is -1.45. The van der Waals surface area contributed by atoms with Gasteiger partial charge in [-0.2, -0.15) is 0 Å². The Bertz CT molecular complexity index is 375. The smallest absolute Gasteiger partial charge is 0.217 e. The highest BCUT2D eigenvalue weighted by Gasteiger charge is 2.28. The molecule has 0 amide bonds. The van der Waals surface area contributed by atoms with E-state index in [9.17, 15) is 8.42 Å². The van der Waals surface area contributed by atoms with Gasteiger partial charge in [-0.25, -0.2) is 12.7 Å². The molecule has 0 bridgehead atoms. The number of likely N-dealkylation sites (tertiary alicyclic amines) is 1. The van der Waals surface area contributed by atoms with Crippen LogP contribution in [-0.4, -0.2) is 68.7 Å². The SMILES string of the molecule is CC(CNC1CC1)S(=O)(=O)N(C)CCN1CCCC1. The van der Waals surface area contributed by atoms with Crippen LogP contribution < -0.4 is 5.32 Å². The number of nitrogens with one attached hydrogen (secondary N) is 1. The van der Waals surface area contributed by atoms with Gasteiger partial charge in [0.15, 0.2) is 0 Å². The Morgan fingerprint density at radius 2 is 1.95 bits per heavy atom. The topological polar surface area (TPSA) is 52.7 Å². The first-order valence-electron chi connectivity index (χ1n) is 7.41. The largest absolute Gasteiger partial charge is 0.313 e. The third-order valence-electron chi connectivity index (χ3n) is 4.14. The maximum absolute atomic E-state index is 12.3. The van der Waals surface area contributed by atoms with Crippen LogP contribution in [-0.2, 0) is 10.0 Å². The highest BCUT2D eigenvalue weighted by Crippen LogP contribution is 2.19. The van der Waals surface area contributed by atoms with Crippen molar-refractivity contribution in [2.45, 2.75) is 43.9 Å². The molecular formula is C13H27N3O2S. The number of rotatable bonds is 8. The Morgan fingerprint density at radius 3 is 2.53 bits per heavy atom. The second kappa shape index (κ2) is 6.52. The van der Waals surface area contributed by atoms with Crippen molar-refractivity contribution in [3.05, 3.63) is 0 Å². The van der Waals surface area contributed by atoms with Crippen LogP contribution in [0.2, 0.25) is 0 Å². The quantitative estimate of drug-likeness (QED) is 0.706. The van der Waals surface area contributed by atoms with Crippen molar-refractivity contribution in [2.75, 3.05) is 39.8 Å². The molecule has 0 spiro atoms. The molecule has 5 nitrogen and oxygen atoms in total. The van der Waals surface area contributed by atoms with Crippen molar-refractivity contribution >= 4 is 10.0 Å². The summed E-state index contributed by atoms with van der Waals surface area (Å²) in [5.41, 5.74) is 0. The molecule has 1 unspecified atom stereocenters. The van der Waals surface area contributed by atoms with Crippen LogP contribution in [0.5, 0.6) is 0 Å². The lowest BCUT2D eigenvalue weighted by Gasteiger charge is -2.24. The third-order valence-corrected chi connectivity index (χ3v) is 6.38. The zero-order valence-corrected chi connectivity index (χ0v) is 13.0. The molecule has 2 aliphatic rings. The molecule has 1 N–H and O–H groups in total. The Labute approximate surface area is 117 Å². The first-order valence-corrected chi connectivity index (χ1v) is 8.91. The molecule has 0 aromatic carbocycles. The normalized spacial score (nSPS) is 23.1. The number of likely N-dealkylation sites (N-methyl/N-ethyl adjacent to an activating group) is 1. The van der Waals surface area contributed by atoms with Crippen molar-refractivity contribution in [3.8, 4) is 0 Å². The lowest BCUT2D eigenvalue weighted by Crippen LogP contribution is -2.43. The molecule has 1 aliphatic heterocycles. The molecule has 0 aromatic heterocycles. The molecule has 2 fully saturated rings. The van der Waals surface area contributed by atoms with Crippen LogP contribution in [0.15, 0.2) is 0 Å². The Hall–Kier alpha value is -0.170. The fourth-order valence-electron chi connectivity index (χ4n) is 2.45. The minimum atomic E-state index is -3.15. The number of hydrogen-bond acceptors (Lipinski definition) is 4. The van der Waals surface area contributed by atoms with E-state index < -0.39 is 10.0 Å². The van der Waals surface area contributed by atoms with Crippen molar-refractivity contribution in [1.29, 1.82) is 0 Å². The van der Waals surface area contributed by atoms with E-state index in [1.165, 1.54) is 30.0 Å². The van der Waals surface area contributed by atoms with Crippen molar-refractivity contribution in [1.82, 2.24) is 14.5 Å². The lowest BCUT2D eigenvalue weighted by molar-refractivity contribution is 0.309. The zero-order chi connectivity index (χ0) is 13.9. The summed E-state index contributed by atoms with van der Waals surface area (Å²) in [6.45, 7) is 6.08. The fraction of sp³-hybridized carbons (Fsp3) is 1.00. The summed E-state index contributed by atoms with van der Waals surface area (Å²) >= 11 is 0. The van der Waals surface area contributed by atoms with Gasteiger partial charge in [0.1, 0.15) is 0 Å². The van der Waals surface area contributed by atoms with Gasteiger partial charge in [-0.1, -0.05) is 0 Å². The molecule has 2 rings (SSSR count). The van der Waals surface area contributed by atoms with Gasteiger partial charge >= 0.3 is 0 Å². The first-order chi connectivity index (χ1) is 9.00. The van der Waals surface area contributed by atoms with Crippen LogP contribution in [0.4, 0.5) is 0 Å². The minimum Gasteiger partial charge on any atom is -0.313 e. The second-order valence-corrected chi connectivity index (χ2v) is 8.37. The minimum absolute atomic E-state index is 0.336. The van der Waals surface area contributed by atoms with Crippen LogP contribution in [0.1, 0.15) is 32.6 Å². The third kappa shape index (κ3) is 4.41. The molecule has 1 heterocycles. The molecule has 1 atom stereocenters. The number of nitrogens with zero attached hydrogens (tertiary/aromatic N) is 2. The zero-order valence-electron chi connectivity index (χ0n) is 12.1. The Balaban J connectivity index is 1.75. The summed E-state index contributed by atoms with van der Waals surface area (Å²) in [6.07, 6.45) is 4.88. The maximum Gasteiger partial charge on any atom is 0.217 e. The van der Waals surface area contributed by atoms with E-state index >= 15 is 0 Å². The summed E-state index contributed by atoms with van der Waals surface area (Å²) in [6, 6.07) is 0.563. The first kappa shape index (κ1) is 15.2. The number of hydrogen-bond donors (Lipinski definition) is 1. The van der Waals surface area contributed by atoms with E-state index in [4.69, 9.17) is 0 Å². The molecule has 112 valence electrons. The Morgan fingerprint density at radius 1 is 1.32 bits per heavy atom. The second-order valence-electron chi connectivity index (χ2n) is 5.91. The average Bonchev–Trinajstić information content (AvgIpc) is 3.07. The van der Waals surface area contributed by atoms with Gasteiger partial charge in [0.2, 0.25) is 10.0 Å². The molecule has 1 saturated carbocycles. The standard InChI is InChI=1S/C13H27N3O2S/c1-12(11-14-13-5-6-13)19(17,18)15(2)9-10-16-7-3-4-8-16/h12-14H,3-11H2,1-2H3. The van der Waals surface area contributed by atoms with E-state index in [1.807, 2.05) is 0 Å². The summed E-state index contributed by atoms with van der Waals surface area (Å²) in [4.78, 5) is 2.35. The van der Waals surface area contributed by atoms with Gasteiger partial charge in [0, 0.05) is 32.7 Å². The molecule has 19 heavy (non-hydrogen) atoms. The van der Waals surface area contributed by atoms with Crippen molar-refractivity contribution in [2.24, 2.45) is 0 Å². The maximum atomic E-state index is 12.3. The van der Waals surface area contributed by atoms with Crippen LogP contribution in [0, 0.1) is 0 Å². The molecule has 1 aliphatic carbocycles. The van der Waals surface area contributed by atoms with Gasteiger partial charge in [0.05, 0.1) is 5.25 Å². The molecule has 6 heteroatoms. The van der Waals surface area contributed by atoms with Crippen LogP contribution in [0.25, 0.3) is 0 Å². The Kier molecular flexibility index (Phi) is 5.22. The van der Waals surface area contributed by atoms with Crippen molar-refractivity contribution < 1.29 is 8.42 Å². The average molecular weight is 289 g/mol. The van der Waals surface area contributed by atoms with Crippen molar-refractivity contribution in [3.63, 3.8) is 0 Å². The van der Waals surface area contributed by atoms with E-state index in [0.29, 0.717) is 19.1 Å². The predicted molar refractivity (Wildman–Crippen MR) is 77.7 cm³/mol. The van der Waals surface area contributed by atoms with Gasteiger partial charge in [-0.3, -0.25) is 0 Å². The van der Waals surface area contributed by atoms with Gasteiger partial charge in [-0.15, -0.1) is 0 Å². The van der Waals surface area contributed by atoms with E-state index in [1.54, 1.807) is 14.0 Å². The fourth-order valence-corrected chi connectivity index (χ4v) is 3.71. The molecular weight excluding hydrogens is 262 g/mol.